The molecule has 0 radical (unpaired) electrons. The highest BCUT2D eigenvalue weighted by Gasteiger charge is 2.24. The molecule has 31 heavy (non-hydrogen) atoms. The van der Waals surface area contributed by atoms with E-state index in [1.165, 1.54) is 6.07 Å². The second-order valence-electron chi connectivity index (χ2n) is 7.64. The van der Waals surface area contributed by atoms with Crippen molar-refractivity contribution in [3.05, 3.63) is 95.3 Å². The zero-order valence-electron chi connectivity index (χ0n) is 17.0. The average molecular weight is 418 g/mol. The summed E-state index contributed by atoms with van der Waals surface area (Å²) in [5.41, 5.74) is 7.24. The number of benzene rings is 3. The van der Waals surface area contributed by atoms with Crippen LogP contribution in [0.15, 0.2) is 72.8 Å². The first-order valence-corrected chi connectivity index (χ1v) is 10.2. The topological polar surface area (TPSA) is 72.6 Å². The van der Waals surface area contributed by atoms with Crippen molar-refractivity contribution < 1.29 is 18.7 Å². The minimum Gasteiger partial charge on any atom is -0.457 e. The van der Waals surface area contributed by atoms with Gasteiger partial charge in [0.2, 0.25) is 5.91 Å². The summed E-state index contributed by atoms with van der Waals surface area (Å²) in [6.07, 6.45) is 1.63. The molecule has 2 N–H and O–H groups in total. The van der Waals surface area contributed by atoms with Crippen LogP contribution >= 0.6 is 0 Å². The average Bonchev–Trinajstić information content (AvgIpc) is 2.80. The van der Waals surface area contributed by atoms with E-state index in [1.807, 2.05) is 11.0 Å². The Balaban J connectivity index is 1.34. The third-order valence-electron chi connectivity index (χ3n) is 5.58. The molecule has 2 amide bonds. The molecule has 0 saturated carbocycles. The Morgan fingerprint density at radius 3 is 2.00 bits per heavy atom. The lowest BCUT2D eigenvalue weighted by molar-refractivity contribution is 0.0712. The standard InChI is InChI=1S/C25H23FN2O3/c26-21-3-1-2-20(16-21)17-12-14-28(15-13-17)25(30)19-6-10-23(11-7-19)31-22-8-4-18(5-9-22)24(27)29/h1-11,16-17H,12-15H2,(H2,27,29). The summed E-state index contributed by atoms with van der Waals surface area (Å²) in [5, 5.41) is 0. The summed E-state index contributed by atoms with van der Waals surface area (Å²) in [6, 6.07) is 20.2. The van der Waals surface area contributed by atoms with Gasteiger partial charge in [0.05, 0.1) is 0 Å². The normalized spacial score (nSPS) is 14.3. The molecule has 0 spiro atoms. The van der Waals surface area contributed by atoms with Crippen molar-refractivity contribution in [2.24, 2.45) is 5.73 Å². The monoisotopic (exact) mass is 418 g/mol. The van der Waals surface area contributed by atoms with Crippen LogP contribution in [0.5, 0.6) is 11.5 Å². The summed E-state index contributed by atoms with van der Waals surface area (Å²) in [5.74, 6) is 0.708. The summed E-state index contributed by atoms with van der Waals surface area (Å²) in [7, 11) is 0. The fraction of sp³-hybridized carbons (Fsp3) is 0.200. The fourth-order valence-corrected chi connectivity index (χ4v) is 3.85. The second-order valence-corrected chi connectivity index (χ2v) is 7.64. The number of primary amides is 1. The van der Waals surface area contributed by atoms with E-state index < -0.39 is 5.91 Å². The van der Waals surface area contributed by atoms with E-state index in [4.69, 9.17) is 10.5 Å². The first-order chi connectivity index (χ1) is 15.0. The maximum Gasteiger partial charge on any atom is 0.253 e. The van der Waals surface area contributed by atoms with Crippen LogP contribution in [0.3, 0.4) is 0 Å². The number of nitrogens with two attached hydrogens (primary N) is 1. The summed E-state index contributed by atoms with van der Waals surface area (Å²) < 4.78 is 19.2. The van der Waals surface area contributed by atoms with Crippen LogP contribution in [-0.2, 0) is 0 Å². The Labute approximate surface area is 180 Å². The number of nitrogens with zero attached hydrogens (tertiary/aromatic N) is 1. The van der Waals surface area contributed by atoms with Gasteiger partial charge >= 0.3 is 0 Å². The van der Waals surface area contributed by atoms with E-state index in [-0.39, 0.29) is 17.6 Å². The predicted octanol–water partition coefficient (Wildman–Crippen LogP) is 4.74. The first kappa shape index (κ1) is 20.6. The molecule has 4 rings (SSSR count). The highest BCUT2D eigenvalue weighted by Crippen LogP contribution is 2.29. The highest BCUT2D eigenvalue weighted by atomic mass is 19.1. The van der Waals surface area contributed by atoms with Crippen molar-refractivity contribution in [2.45, 2.75) is 18.8 Å². The molecule has 0 bridgehead atoms. The molecule has 0 atom stereocenters. The Hall–Kier alpha value is -3.67. The molecule has 0 unspecified atom stereocenters. The van der Waals surface area contributed by atoms with Crippen LogP contribution in [0.4, 0.5) is 4.39 Å². The molecule has 1 fully saturated rings. The van der Waals surface area contributed by atoms with Gasteiger partial charge in [0.1, 0.15) is 17.3 Å². The van der Waals surface area contributed by atoms with E-state index >= 15 is 0 Å². The summed E-state index contributed by atoms with van der Waals surface area (Å²) in [6.45, 7) is 1.29. The molecular weight excluding hydrogens is 395 g/mol. The zero-order chi connectivity index (χ0) is 21.8. The van der Waals surface area contributed by atoms with Crippen LogP contribution in [0, 0.1) is 5.82 Å². The summed E-state index contributed by atoms with van der Waals surface area (Å²) in [4.78, 5) is 25.8. The largest absolute Gasteiger partial charge is 0.457 e. The Morgan fingerprint density at radius 2 is 1.45 bits per heavy atom. The van der Waals surface area contributed by atoms with Crippen LogP contribution < -0.4 is 10.5 Å². The number of hydrogen-bond donors (Lipinski definition) is 1. The lowest BCUT2D eigenvalue weighted by atomic mass is 9.89. The van der Waals surface area contributed by atoms with E-state index in [0.29, 0.717) is 35.7 Å². The lowest BCUT2D eigenvalue weighted by Crippen LogP contribution is -2.37. The molecule has 1 heterocycles. The molecule has 6 heteroatoms. The lowest BCUT2D eigenvalue weighted by Gasteiger charge is -2.32. The Kier molecular flexibility index (Phi) is 5.98. The molecule has 1 aliphatic heterocycles. The van der Waals surface area contributed by atoms with Crippen LogP contribution in [-0.4, -0.2) is 29.8 Å². The van der Waals surface area contributed by atoms with E-state index in [1.54, 1.807) is 60.7 Å². The summed E-state index contributed by atoms with van der Waals surface area (Å²) >= 11 is 0. The van der Waals surface area contributed by atoms with Crippen molar-refractivity contribution in [2.75, 3.05) is 13.1 Å². The van der Waals surface area contributed by atoms with Gasteiger partial charge in [-0.1, -0.05) is 12.1 Å². The predicted molar refractivity (Wildman–Crippen MR) is 116 cm³/mol. The molecular formula is C25H23FN2O3. The van der Waals surface area contributed by atoms with Crippen molar-refractivity contribution in [3.8, 4) is 11.5 Å². The van der Waals surface area contributed by atoms with Gasteiger partial charge < -0.3 is 15.4 Å². The van der Waals surface area contributed by atoms with E-state index in [0.717, 1.165) is 18.4 Å². The number of halogens is 1. The number of amides is 2. The van der Waals surface area contributed by atoms with Gasteiger partial charge in [-0.05, 0) is 85.0 Å². The number of carbonyl (C=O) groups is 2. The molecule has 0 aromatic heterocycles. The molecule has 3 aromatic rings. The van der Waals surface area contributed by atoms with Crippen molar-refractivity contribution >= 4 is 11.8 Å². The quantitative estimate of drug-likeness (QED) is 0.651. The maximum absolute atomic E-state index is 13.5. The van der Waals surface area contributed by atoms with Crippen LogP contribution in [0.1, 0.15) is 45.0 Å². The van der Waals surface area contributed by atoms with Gasteiger partial charge in [0, 0.05) is 24.2 Å². The number of hydrogen-bond acceptors (Lipinski definition) is 3. The molecule has 1 saturated heterocycles. The second kappa shape index (κ2) is 9.00. The number of piperidine rings is 1. The van der Waals surface area contributed by atoms with Crippen molar-refractivity contribution in [1.82, 2.24) is 4.90 Å². The molecule has 1 aliphatic rings. The maximum atomic E-state index is 13.5. The smallest absolute Gasteiger partial charge is 0.253 e. The van der Waals surface area contributed by atoms with Gasteiger partial charge in [0.25, 0.3) is 5.91 Å². The third kappa shape index (κ3) is 4.91. The van der Waals surface area contributed by atoms with Gasteiger partial charge in [-0.2, -0.15) is 0 Å². The van der Waals surface area contributed by atoms with Gasteiger partial charge in [-0.15, -0.1) is 0 Å². The minimum atomic E-state index is -0.491. The van der Waals surface area contributed by atoms with Crippen LogP contribution in [0.2, 0.25) is 0 Å². The van der Waals surface area contributed by atoms with E-state index in [2.05, 4.69) is 0 Å². The molecule has 158 valence electrons. The number of rotatable bonds is 5. The number of ether oxygens (including phenoxy) is 1. The van der Waals surface area contributed by atoms with Crippen molar-refractivity contribution in [1.29, 1.82) is 0 Å². The molecule has 0 aliphatic carbocycles. The highest BCUT2D eigenvalue weighted by molar-refractivity contribution is 5.94. The fourth-order valence-electron chi connectivity index (χ4n) is 3.85. The number of likely N-dealkylation sites (tertiary alicyclic amines) is 1. The number of carbonyl (C=O) groups excluding carboxylic acids is 2. The van der Waals surface area contributed by atoms with Gasteiger partial charge in [-0.25, -0.2) is 4.39 Å². The van der Waals surface area contributed by atoms with Crippen molar-refractivity contribution in [3.63, 3.8) is 0 Å². The van der Waals surface area contributed by atoms with Crippen LogP contribution in [0.25, 0.3) is 0 Å². The Bertz CT molecular complexity index is 1070. The Morgan fingerprint density at radius 1 is 0.871 bits per heavy atom. The minimum absolute atomic E-state index is 0.0185. The zero-order valence-corrected chi connectivity index (χ0v) is 17.0. The molecule has 5 nitrogen and oxygen atoms in total. The molecule has 3 aromatic carbocycles. The first-order valence-electron chi connectivity index (χ1n) is 10.2. The SMILES string of the molecule is NC(=O)c1ccc(Oc2ccc(C(=O)N3CCC(c4cccc(F)c4)CC3)cc2)cc1. The van der Waals surface area contributed by atoms with E-state index in [9.17, 15) is 14.0 Å². The van der Waals surface area contributed by atoms with Gasteiger partial charge in [-0.3, -0.25) is 9.59 Å². The van der Waals surface area contributed by atoms with Gasteiger partial charge in [0.15, 0.2) is 0 Å². The third-order valence-corrected chi connectivity index (χ3v) is 5.58.